The molecule has 0 saturated carbocycles. The van der Waals surface area contributed by atoms with Crippen molar-refractivity contribution in [2.24, 2.45) is 0 Å². The molecule has 0 aliphatic heterocycles. The first-order valence-corrected chi connectivity index (χ1v) is 6.95. The highest BCUT2D eigenvalue weighted by Crippen LogP contribution is 2.20. The lowest BCUT2D eigenvalue weighted by molar-refractivity contribution is 0.0697. The molecule has 0 aliphatic rings. The number of rotatable bonds is 6. The van der Waals surface area contributed by atoms with E-state index in [4.69, 9.17) is 26.9 Å². The Labute approximate surface area is 114 Å². The van der Waals surface area contributed by atoms with E-state index in [0.717, 1.165) is 18.2 Å². The summed E-state index contributed by atoms with van der Waals surface area (Å²) < 4.78 is 25.6. The molecule has 4 N–H and O–H groups in total. The molecule has 1 aromatic rings. The van der Waals surface area contributed by atoms with E-state index in [-0.39, 0.29) is 22.0 Å². The van der Waals surface area contributed by atoms with Crippen molar-refractivity contribution in [1.82, 2.24) is 4.72 Å². The molecule has 0 heterocycles. The van der Waals surface area contributed by atoms with Gasteiger partial charge in [-0.3, -0.25) is 0 Å². The van der Waals surface area contributed by atoms with Crippen LogP contribution < -0.4 is 4.72 Å². The maximum Gasteiger partial charge on any atom is 0.337 e. The first kappa shape index (κ1) is 15.9. The second kappa shape index (κ2) is 6.31. The number of nitrogens with one attached hydrogen (secondary N) is 1. The summed E-state index contributed by atoms with van der Waals surface area (Å²) in [6, 6.07) is 3.21. The van der Waals surface area contributed by atoms with E-state index in [0.29, 0.717) is 0 Å². The average molecular weight is 310 g/mol. The number of aromatic carboxylic acids is 1. The number of halogens is 1. The Bertz CT molecular complexity index is 573. The Balaban J connectivity index is 3.02. The van der Waals surface area contributed by atoms with E-state index in [2.05, 4.69) is 0 Å². The summed E-state index contributed by atoms with van der Waals surface area (Å²) in [5.41, 5.74) is -0.341. The number of sulfonamides is 1. The summed E-state index contributed by atoms with van der Waals surface area (Å²) in [5, 5.41) is 26.4. The highest BCUT2D eigenvalue weighted by Gasteiger charge is 2.19. The molecule has 0 fully saturated rings. The number of carbonyl (C=O) groups is 1. The van der Waals surface area contributed by atoms with Gasteiger partial charge < -0.3 is 15.3 Å². The van der Waals surface area contributed by atoms with Crippen molar-refractivity contribution < 1.29 is 28.5 Å². The summed E-state index contributed by atoms with van der Waals surface area (Å²) in [7, 11) is -3.98. The standard InChI is InChI=1S/C10H12ClNO6S/c11-9-2-1-7(3-8(9)10(15)16)19(17,18)12-4-6(14)5-13/h1-3,6,12-14H,4-5H2,(H,15,16). The van der Waals surface area contributed by atoms with E-state index in [9.17, 15) is 13.2 Å². The lowest BCUT2D eigenvalue weighted by Gasteiger charge is -2.10. The second-order valence-corrected chi connectivity index (χ2v) is 5.81. The molecule has 19 heavy (non-hydrogen) atoms. The SMILES string of the molecule is O=C(O)c1cc(S(=O)(=O)NCC(O)CO)ccc1Cl. The molecule has 1 atom stereocenters. The molecule has 0 amide bonds. The summed E-state index contributed by atoms with van der Waals surface area (Å²) in [5.74, 6) is -1.35. The molecule has 0 aromatic heterocycles. The molecule has 7 nitrogen and oxygen atoms in total. The Morgan fingerprint density at radius 2 is 2.05 bits per heavy atom. The monoisotopic (exact) mass is 309 g/mol. The van der Waals surface area contributed by atoms with Crippen molar-refractivity contribution in [3.8, 4) is 0 Å². The van der Waals surface area contributed by atoms with Crippen molar-refractivity contribution in [2.45, 2.75) is 11.0 Å². The van der Waals surface area contributed by atoms with Crippen LogP contribution in [-0.4, -0.2) is 49.0 Å². The van der Waals surface area contributed by atoms with E-state index >= 15 is 0 Å². The Morgan fingerprint density at radius 3 is 2.58 bits per heavy atom. The summed E-state index contributed by atoms with van der Waals surface area (Å²) >= 11 is 5.62. The van der Waals surface area contributed by atoms with Gasteiger partial charge in [-0.15, -0.1) is 0 Å². The van der Waals surface area contributed by atoms with Crippen LogP contribution in [0.2, 0.25) is 5.02 Å². The first-order valence-electron chi connectivity index (χ1n) is 5.09. The molecular formula is C10H12ClNO6S. The topological polar surface area (TPSA) is 124 Å². The number of carboxylic acid groups (broad SMARTS) is 1. The van der Waals surface area contributed by atoms with Crippen molar-refractivity contribution in [3.63, 3.8) is 0 Å². The van der Waals surface area contributed by atoms with Crippen molar-refractivity contribution in [3.05, 3.63) is 28.8 Å². The second-order valence-electron chi connectivity index (χ2n) is 3.64. The van der Waals surface area contributed by atoms with Crippen molar-refractivity contribution in [2.75, 3.05) is 13.2 Å². The smallest absolute Gasteiger partial charge is 0.337 e. The first-order chi connectivity index (χ1) is 8.77. The van der Waals surface area contributed by atoms with Gasteiger partial charge in [-0.2, -0.15) is 0 Å². The Kier molecular flexibility index (Phi) is 5.27. The minimum atomic E-state index is -3.98. The minimum absolute atomic E-state index is 0.0816. The number of hydrogen-bond donors (Lipinski definition) is 4. The number of carboxylic acids is 1. The van der Waals surface area contributed by atoms with Gasteiger partial charge in [-0.05, 0) is 18.2 Å². The number of hydrogen-bond acceptors (Lipinski definition) is 5. The number of benzene rings is 1. The predicted molar refractivity (Wildman–Crippen MR) is 66.7 cm³/mol. The highest BCUT2D eigenvalue weighted by atomic mass is 35.5. The third-order valence-corrected chi connectivity index (χ3v) is 3.95. The van der Waals surface area contributed by atoms with Gasteiger partial charge in [-0.1, -0.05) is 11.6 Å². The number of aliphatic hydroxyl groups excluding tert-OH is 2. The molecule has 0 bridgehead atoms. The van der Waals surface area contributed by atoms with E-state index < -0.39 is 28.7 Å². The highest BCUT2D eigenvalue weighted by molar-refractivity contribution is 7.89. The van der Waals surface area contributed by atoms with E-state index in [1.165, 1.54) is 0 Å². The molecular weight excluding hydrogens is 298 g/mol. The van der Waals surface area contributed by atoms with Crippen molar-refractivity contribution >= 4 is 27.6 Å². The molecule has 1 unspecified atom stereocenters. The third kappa shape index (κ3) is 4.15. The Morgan fingerprint density at radius 1 is 1.42 bits per heavy atom. The normalized spacial score (nSPS) is 13.2. The Hall–Kier alpha value is -1.19. The van der Waals surface area contributed by atoms with Crippen LogP contribution in [0.25, 0.3) is 0 Å². The van der Waals surface area contributed by atoms with Crippen molar-refractivity contribution in [1.29, 1.82) is 0 Å². The zero-order chi connectivity index (χ0) is 14.6. The maximum atomic E-state index is 11.8. The summed E-state index contributed by atoms with van der Waals surface area (Å²) in [6.45, 7) is -0.979. The lowest BCUT2D eigenvalue weighted by atomic mass is 10.2. The van der Waals surface area contributed by atoms with Gasteiger partial charge in [0.25, 0.3) is 0 Å². The van der Waals surface area contributed by atoms with E-state index in [1.54, 1.807) is 0 Å². The largest absolute Gasteiger partial charge is 0.478 e. The van der Waals surface area contributed by atoms with Crippen LogP contribution in [0.5, 0.6) is 0 Å². The maximum absolute atomic E-state index is 11.8. The average Bonchev–Trinajstić information content (AvgIpc) is 2.35. The summed E-state index contributed by atoms with van der Waals surface area (Å²) in [6.07, 6.45) is -1.24. The van der Waals surface area contributed by atoms with Crippen LogP contribution in [0.15, 0.2) is 23.1 Å². The molecule has 9 heteroatoms. The van der Waals surface area contributed by atoms with Crippen LogP contribution in [0, 0.1) is 0 Å². The van der Waals surface area contributed by atoms with Gasteiger partial charge in [0.15, 0.2) is 0 Å². The molecule has 1 aromatic carbocycles. The van der Waals surface area contributed by atoms with Gasteiger partial charge in [0.2, 0.25) is 10.0 Å². The molecule has 0 spiro atoms. The number of aliphatic hydroxyl groups is 2. The van der Waals surface area contributed by atoms with E-state index in [1.807, 2.05) is 4.72 Å². The fraction of sp³-hybridized carbons (Fsp3) is 0.300. The molecule has 1 rings (SSSR count). The molecule has 106 valence electrons. The van der Waals surface area contributed by atoms with Gasteiger partial charge in [0.1, 0.15) is 0 Å². The zero-order valence-corrected chi connectivity index (χ0v) is 11.1. The molecule has 0 radical (unpaired) electrons. The minimum Gasteiger partial charge on any atom is -0.478 e. The predicted octanol–water partition coefficient (Wildman–Crippen LogP) is -0.330. The van der Waals surface area contributed by atoms with Gasteiger partial charge in [-0.25, -0.2) is 17.9 Å². The fourth-order valence-corrected chi connectivity index (χ4v) is 2.49. The van der Waals surface area contributed by atoms with Crippen LogP contribution in [0.4, 0.5) is 0 Å². The zero-order valence-electron chi connectivity index (χ0n) is 9.58. The summed E-state index contributed by atoms with van der Waals surface area (Å²) in [4.78, 5) is 10.5. The van der Waals surface area contributed by atoms with Crippen LogP contribution in [0.1, 0.15) is 10.4 Å². The van der Waals surface area contributed by atoms with Crippen LogP contribution in [0.3, 0.4) is 0 Å². The van der Waals surface area contributed by atoms with Gasteiger partial charge in [0.05, 0.1) is 28.2 Å². The third-order valence-electron chi connectivity index (χ3n) is 2.20. The fourth-order valence-electron chi connectivity index (χ4n) is 1.19. The quantitative estimate of drug-likeness (QED) is 0.570. The van der Waals surface area contributed by atoms with Gasteiger partial charge in [0, 0.05) is 6.54 Å². The lowest BCUT2D eigenvalue weighted by Crippen LogP contribution is -2.34. The molecule has 0 saturated heterocycles. The van der Waals surface area contributed by atoms with Gasteiger partial charge >= 0.3 is 5.97 Å². The van der Waals surface area contributed by atoms with Crippen LogP contribution >= 0.6 is 11.6 Å². The molecule has 0 aliphatic carbocycles. The van der Waals surface area contributed by atoms with Crippen LogP contribution in [-0.2, 0) is 10.0 Å².